The van der Waals surface area contributed by atoms with Gasteiger partial charge in [-0.3, -0.25) is 0 Å². The number of halogens is 2. The number of benzene rings is 2. The molecule has 4 rings (SSSR count). The molecule has 2 aromatic carbocycles. The zero-order valence-corrected chi connectivity index (χ0v) is 21.6. The molecule has 12 heteroatoms. The van der Waals surface area contributed by atoms with E-state index in [-0.39, 0.29) is 10.6 Å². The number of alkyl halides is 2. The Bertz CT molecular complexity index is 1260. The van der Waals surface area contributed by atoms with E-state index in [0.29, 0.717) is 68.1 Å². The molecule has 1 aliphatic rings. The van der Waals surface area contributed by atoms with Crippen LogP contribution in [-0.4, -0.2) is 68.4 Å². The minimum Gasteiger partial charge on any atom is -0.435 e. The van der Waals surface area contributed by atoms with E-state index in [1.54, 1.807) is 36.4 Å². The molecule has 1 aromatic heterocycles. The standard InChI is InChI=1S/C24H29F2N3O5S2/c1-2-32-13-5-10-29-21-9-8-19(36(30,31)28-11-14-33-15-12-28)16-20(21)27-24(29)35-17-18-6-3-4-7-22(18)34-23(25)26/h3-4,6-9,16,23H,2,5,10-15,17H2,1H3. The Hall–Kier alpha value is -2.25. The van der Waals surface area contributed by atoms with Gasteiger partial charge < -0.3 is 18.8 Å². The van der Waals surface area contributed by atoms with Crippen molar-refractivity contribution in [3.8, 4) is 5.75 Å². The average Bonchev–Trinajstić information content (AvgIpc) is 3.23. The number of aromatic nitrogens is 2. The molecule has 0 unspecified atom stereocenters. The van der Waals surface area contributed by atoms with E-state index in [9.17, 15) is 17.2 Å². The van der Waals surface area contributed by atoms with Gasteiger partial charge >= 0.3 is 6.61 Å². The van der Waals surface area contributed by atoms with Crippen LogP contribution in [0.4, 0.5) is 8.78 Å². The van der Waals surface area contributed by atoms with Crippen LogP contribution in [0.2, 0.25) is 0 Å². The lowest BCUT2D eigenvalue weighted by Crippen LogP contribution is -2.40. The maximum Gasteiger partial charge on any atom is 0.387 e. The topological polar surface area (TPSA) is 82.9 Å². The molecule has 0 aliphatic carbocycles. The molecule has 3 aromatic rings. The lowest BCUT2D eigenvalue weighted by atomic mass is 10.2. The van der Waals surface area contributed by atoms with Crippen LogP contribution in [0.25, 0.3) is 11.0 Å². The van der Waals surface area contributed by atoms with E-state index in [1.165, 1.54) is 22.1 Å². The van der Waals surface area contributed by atoms with Gasteiger partial charge in [0.15, 0.2) is 5.16 Å². The second-order valence-corrected chi connectivity index (χ2v) is 10.9. The number of rotatable bonds is 12. The number of hydrogen-bond acceptors (Lipinski definition) is 7. The van der Waals surface area contributed by atoms with Gasteiger partial charge in [-0.1, -0.05) is 30.0 Å². The number of imidazole rings is 1. The van der Waals surface area contributed by atoms with Gasteiger partial charge in [-0.2, -0.15) is 13.1 Å². The number of sulfonamides is 1. The Balaban J connectivity index is 1.63. The summed E-state index contributed by atoms with van der Waals surface area (Å²) in [5.41, 5.74) is 1.97. The van der Waals surface area contributed by atoms with Gasteiger partial charge in [-0.25, -0.2) is 13.4 Å². The first-order chi connectivity index (χ1) is 17.4. The van der Waals surface area contributed by atoms with Gasteiger partial charge in [0.2, 0.25) is 10.0 Å². The molecule has 196 valence electrons. The van der Waals surface area contributed by atoms with E-state index < -0.39 is 16.6 Å². The molecule has 0 saturated carbocycles. The van der Waals surface area contributed by atoms with Crippen LogP contribution in [-0.2, 0) is 31.8 Å². The van der Waals surface area contributed by atoms with Gasteiger partial charge in [0.05, 0.1) is 29.1 Å². The Morgan fingerprint density at radius 3 is 2.69 bits per heavy atom. The normalized spacial score (nSPS) is 15.1. The van der Waals surface area contributed by atoms with Gasteiger partial charge in [0, 0.05) is 44.2 Å². The highest BCUT2D eigenvalue weighted by Crippen LogP contribution is 2.32. The van der Waals surface area contributed by atoms with Crippen molar-refractivity contribution in [3.05, 3.63) is 48.0 Å². The minimum atomic E-state index is -3.66. The van der Waals surface area contributed by atoms with E-state index in [1.807, 2.05) is 11.5 Å². The molecular formula is C24H29F2N3O5S2. The van der Waals surface area contributed by atoms with E-state index >= 15 is 0 Å². The lowest BCUT2D eigenvalue weighted by Gasteiger charge is -2.26. The SMILES string of the molecule is CCOCCCn1c(SCc2ccccc2OC(F)F)nc2cc(S(=O)(=O)N3CCOCC3)ccc21. The van der Waals surface area contributed by atoms with E-state index in [0.717, 1.165) is 11.9 Å². The lowest BCUT2D eigenvalue weighted by molar-refractivity contribution is -0.0503. The first-order valence-electron chi connectivity index (χ1n) is 11.7. The number of ether oxygens (including phenoxy) is 3. The molecule has 0 atom stereocenters. The summed E-state index contributed by atoms with van der Waals surface area (Å²) in [4.78, 5) is 4.91. The highest BCUT2D eigenvalue weighted by Gasteiger charge is 2.27. The fraction of sp³-hybridized carbons (Fsp3) is 0.458. The minimum absolute atomic E-state index is 0.123. The average molecular weight is 542 g/mol. The zero-order chi connectivity index (χ0) is 25.5. The van der Waals surface area contributed by atoms with Crippen molar-refractivity contribution >= 4 is 32.8 Å². The van der Waals surface area contributed by atoms with Crippen LogP contribution < -0.4 is 4.74 Å². The summed E-state index contributed by atoms with van der Waals surface area (Å²) in [6.45, 7) is 2.20. The largest absolute Gasteiger partial charge is 0.435 e. The summed E-state index contributed by atoms with van der Waals surface area (Å²) in [5.74, 6) is 0.481. The van der Waals surface area contributed by atoms with Crippen molar-refractivity contribution in [3.63, 3.8) is 0 Å². The molecule has 0 amide bonds. The van der Waals surface area contributed by atoms with Crippen molar-refractivity contribution < 1.29 is 31.4 Å². The molecular weight excluding hydrogens is 512 g/mol. The maximum absolute atomic E-state index is 13.1. The van der Waals surface area contributed by atoms with Gasteiger partial charge in [0.25, 0.3) is 0 Å². The summed E-state index contributed by atoms with van der Waals surface area (Å²) < 4.78 is 70.8. The van der Waals surface area contributed by atoms with Gasteiger partial charge in [-0.15, -0.1) is 0 Å². The number of morpholine rings is 1. The Labute approximate surface area is 213 Å². The van der Waals surface area contributed by atoms with Crippen molar-refractivity contribution in [2.75, 3.05) is 39.5 Å². The second kappa shape index (κ2) is 12.3. The van der Waals surface area contributed by atoms with E-state index in [2.05, 4.69) is 4.74 Å². The second-order valence-electron chi connectivity index (χ2n) is 8.04. The van der Waals surface area contributed by atoms with E-state index in [4.69, 9.17) is 14.5 Å². The number of aryl methyl sites for hydroxylation is 1. The third-order valence-corrected chi connectivity index (χ3v) is 8.63. The molecule has 0 N–H and O–H groups in total. The maximum atomic E-state index is 13.1. The number of fused-ring (bicyclic) bond motifs is 1. The van der Waals surface area contributed by atoms with Crippen LogP contribution in [0.1, 0.15) is 18.9 Å². The number of para-hydroxylation sites is 1. The summed E-state index contributed by atoms with van der Waals surface area (Å²) in [6, 6.07) is 11.6. The van der Waals surface area contributed by atoms with Crippen LogP contribution in [0, 0.1) is 0 Å². The molecule has 0 spiro atoms. The molecule has 1 saturated heterocycles. The van der Waals surface area contributed by atoms with Gasteiger partial charge in [0.1, 0.15) is 5.75 Å². The molecule has 0 bridgehead atoms. The van der Waals surface area contributed by atoms with Crippen LogP contribution in [0.5, 0.6) is 5.75 Å². The van der Waals surface area contributed by atoms with Crippen molar-refractivity contribution in [2.24, 2.45) is 0 Å². The zero-order valence-electron chi connectivity index (χ0n) is 19.9. The quantitative estimate of drug-likeness (QED) is 0.249. The smallest absolute Gasteiger partial charge is 0.387 e. The fourth-order valence-corrected chi connectivity index (χ4v) is 6.42. The van der Waals surface area contributed by atoms with Crippen LogP contribution >= 0.6 is 11.8 Å². The molecule has 8 nitrogen and oxygen atoms in total. The number of nitrogens with zero attached hydrogens (tertiary/aromatic N) is 3. The molecule has 36 heavy (non-hydrogen) atoms. The number of thioether (sulfide) groups is 1. The third-order valence-electron chi connectivity index (χ3n) is 5.71. The summed E-state index contributed by atoms with van der Waals surface area (Å²) in [7, 11) is -3.66. The molecule has 2 heterocycles. The summed E-state index contributed by atoms with van der Waals surface area (Å²) in [6.07, 6.45) is 0.742. The Morgan fingerprint density at radius 1 is 1.17 bits per heavy atom. The monoisotopic (exact) mass is 541 g/mol. The predicted molar refractivity (Wildman–Crippen MR) is 133 cm³/mol. The van der Waals surface area contributed by atoms with Crippen LogP contribution in [0.15, 0.2) is 52.5 Å². The van der Waals surface area contributed by atoms with Crippen molar-refractivity contribution in [2.45, 2.75) is 42.3 Å². The molecule has 0 radical (unpaired) electrons. The molecule has 1 fully saturated rings. The molecule has 1 aliphatic heterocycles. The van der Waals surface area contributed by atoms with Crippen molar-refractivity contribution in [1.29, 1.82) is 0 Å². The summed E-state index contributed by atoms with van der Waals surface area (Å²) >= 11 is 1.38. The Morgan fingerprint density at radius 2 is 1.94 bits per heavy atom. The first kappa shape index (κ1) is 26.8. The highest BCUT2D eigenvalue weighted by molar-refractivity contribution is 7.98. The third kappa shape index (κ3) is 6.35. The van der Waals surface area contributed by atoms with Crippen molar-refractivity contribution in [1.82, 2.24) is 13.9 Å². The number of hydrogen-bond donors (Lipinski definition) is 0. The van der Waals surface area contributed by atoms with Gasteiger partial charge in [-0.05, 0) is 37.6 Å². The fourth-order valence-electron chi connectivity index (χ4n) is 3.96. The Kier molecular flexibility index (Phi) is 9.18. The first-order valence-corrected chi connectivity index (χ1v) is 14.1. The van der Waals surface area contributed by atoms with Crippen LogP contribution in [0.3, 0.4) is 0 Å². The summed E-state index contributed by atoms with van der Waals surface area (Å²) in [5, 5.41) is 0.661. The highest BCUT2D eigenvalue weighted by atomic mass is 32.2. The predicted octanol–water partition coefficient (Wildman–Crippen LogP) is 4.38.